The number of aryl methyl sites for hydroxylation is 1. The molecule has 1 atom stereocenters. The maximum Gasteiger partial charge on any atom is 0.389 e. The molecule has 2 rings (SSSR count). The van der Waals surface area contributed by atoms with Crippen LogP contribution in [0.5, 0.6) is 0 Å². The van der Waals surface area contributed by atoms with E-state index < -0.39 is 31.0 Å². The molecule has 1 aromatic carbocycles. The summed E-state index contributed by atoms with van der Waals surface area (Å²) in [6.45, 7) is 4.56. The summed E-state index contributed by atoms with van der Waals surface area (Å²) in [6.07, 6.45) is -6.13. The van der Waals surface area contributed by atoms with Crippen molar-refractivity contribution in [3.05, 3.63) is 35.4 Å². The van der Waals surface area contributed by atoms with Crippen LogP contribution in [0.25, 0.3) is 0 Å². The minimum atomic E-state index is -4.37. The second-order valence-corrected chi connectivity index (χ2v) is 6.13. The van der Waals surface area contributed by atoms with E-state index in [1.54, 1.807) is 11.8 Å². The molecule has 0 saturated carbocycles. The Morgan fingerprint density at radius 3 is 2.62 bits per heavy atom. The van der Waals surface area contributed by atoms with Crippen molar-refractivity contribution < 1.29 is 22.8 Å². The fourth-order valence-corrected chi connectivity index (χ4v) is 2.85. The molecule has 1 aromatic rings. The van der Waals surface area contributed by atoms with Crippen LogP contribution in [0.15, 0.2) is 24.3 Å². The lowest BCUT2D eigenvalue weighted by molar-refractivity contribution is -0.157. The Labute approximate surface area is 139 Å². The number of halogens is 3. The number of carbonyl (C=O) groups excluding carboxylic acids is 2. The van der Waals surface area contributed by atoms with Crippen molar-refractivity contribution in [1.29, 1.82) is 0 Å². The molecule has 4 nitrogen and oxygen atoms in total. The Morgan fingerprint density at radius 2 is 2.00 bits per heavy atom. The molecule has 0 aliphatic carbocycles. The van der Waals surface area contributed by atoms with Crippen molar-refractivity contribution in [2.24, 2.45) is 0 Å². The molecular formula is C17H21F3N2O2. The van der Waals surface area contributed by atoms with E-state index in [2.05, 4.69) is 0 Å². The summed E-state index contributed by atoms with van der Waals surface area (Å²) < 4.78 is 36.7. The monoisotopic (exact) mass is 342 g/mol. The maximum absolute atomic E-state index is 12.4. The average Bonchev–Trinajstić information content (AvgIpc) is 2.49. The molecular weight excluding hydrogens is 321 g/mol. The third-order valence-corrected chi connectivity index (χ3v) is 4.15. The van der Waals surface area contributed by atoms with E-state index in [4.69, 9.17) is 0 Å². The highest BCUT2D eigenvalue weighted by Gasteiger charge is 2.36. The van der Waals surface area contributed by atoms with Crippen LogP contribution in [0.4, 0.5) is 13.2 Å². The van der Waals surface area contributed by atoms with Crippen molar-refractivity contribution in [2.45, 2.75) is 45.5 Å². The van der Waals surface area contributed by atoms with E-state index in [1.165, 1.54) is 4.90 Å². The van der Waals surface area contributed by atoms with Gasteiger partial charge in [0.1, 0.15) is 6.04 Å². The lowest BCUT2D eigenvalue weighted by Crippen LogP contribution is -2.57. The first-order chi connectivity index (χ1) is 11.2. The normalized spacial score (nSPS) is 18.9. The van der Waals surface area contributed by atoms with Crippen molar-refractivity contribution in [3.8, 4) is 0 Å². The molecule has 1 aliphatic heterocycles. The van der Waals surface area contributed by atoms with Crippen LogP contribution in [-0.4, -0.2) is 46.9 Å². The number of carbonyl (C=O) groups is 2. The lowest BCUT2D eigenvalue weighted by atomic mass is 10.1. The van der Waals surface area contributed by atoms with E-state index >= 15 is 0 Å². The van der Waals surface area contributed by atoms with Gasteiger partial charge in [0.15, 0.2) is 0 Å². The average molecular weight is 342 g/mol. The molecule has 2 amide bonds. The van der Waals surface area contributed by atoms with Gasteiger partial charge < -0.3 is 9.80 Å². The molecule has 0 spiro atoms. The van der Waals surface area contributed by atoms with Gasteiger partial charge in [0.25, 0.3) is 0 Å². The molecule has 0 radical (unpaired) electrons. The van der Waals surface area contributed by atoms with E-state index in [-0.39, 0.29) is 12.5 Å². The number of alkyl halides is 3. The second kappa shape index (κ2) is 7.23. The zero-order chi connectivity index (χ0) is 17.9. The molecule has 0 unspecified atom stereocenters. The highest BCUT2D eigenvalue weighted by atomic mass is 19.4. The molecule has 1 aliphatic rings. The highest BCUT2D eigenvalue weighted by molar-refractivity contribution is 5.88. The SMILES string of the molecule is Cc1cccc(CN2CCN(C(=O)CCC(F)(F)F)[C@@H](C)C2=O)c1. The summed E-state index contributed by atoms with van der Waals surface area (Å²) in [5.74, 6) is -0.855. The van der Waals surface area contributed by atoms with Gasteiger partial charge in [0.05, 0.1) is 6.42 Å². The summed E-state index contributed by atoms with van der Waals surface area (Å²) in [5, 5.41) is 0. The fourth-order valence-electron chi connectivity index (χ4n) is 2.85. The zero-order valence-corrected chi connectivity index (χ0v) is 13.8. The molecule has 0 N–H and O–H groups in total. The number of benzene rings is 1. The van der Waals surface area contributed by atoms with Gasteiger partial charge in [-0.05, 0) is 19.4 Å². The molecule has 1 fully saturated rings. The van der Waals surface area contributed by atoms with Crippen LogP contribution in [0.2, 0.25) is 0 Å². The Balaban J connectivity index is 1.96. The number of amides is 2. The third kappa shape index (κ3) is 4.72. The van der Waals surface area contributed by atoms with Gasteiger partial charge in [-0.2, -0.15) is 13.2 Å². The molecule has 7 heteroatoms. The summed E-state index contributed by atoms with van der Waals surface area (Å²) in [4.78, 5) is 27.3. The number of rotatable bonds is 4. The largest absolute Gasteiger partial charge is 0.389 e. The third-order valence-electron chi connectivity index (χ3n) is 4.15. The number of hydrogen-bond donors (Lipinski definition) is 0. The van der Waals surface area contributed by atoms with Crippen LogP contribution >= 0.6 is 0 Å². The van der Waals surface area contributed by atoms with E-state index in [1.807, 2.05) is 31.2 Å². The molecule has 132 valence electrons. The second-order valence-electron chi connectivity index (χ2n) is 6.13. The van der Waals surface area contributed by atoms with Crippen LogP contribution in [0.1, 0.15) is 30.9 Å². The Hall–Kier alpha value is -2.05. The Kier molecular flexibility index (Phi) is 5.51. The van der Waals surface area contributed by atoms with E-state index in [0.717, 1.165) is 11.1 Å². The summed E-state index contributed by atoms with van der Waals surface area (Å²) in [7, 11) is 0. The highest BCUT2D eigenvalue weighted by Crippen LogP contribution is 2.23. The standard InChI is InChI=1S/C17H21F3N2O2/c1-12-4-3-5-14(10-12)11-21-8-9-22(13(2)16(21)24)15(23)6-7-17(18,19)20/h3-5,10,13H,6-9,11H2,1-2H3/t13-/m0/s1. The molecule has 1 saturated heterocycles. The van der Waals surface area contributed by atoms with Crippen LogP contribution < -0.4 is 0 Å². The van der Waals surface area contributed by atoms with E-state index in [0.29, 0.717) is 13.1 Å². The van der Waals surface area contributed by atoms with Crippen molar-refractivity contribution >= 4 is 11.8 Å². The van der Waals surface area contributed by atoms with Crippen LogP contribution in [-0.2, 0) is 16.1 Å². The minimum Gasteiger partial charge on any atom is -0.335 e. The predicted octanol–water partition coefficient (Wildman–Crippen LogP) is 2.90. The minimum absolute atomic E-state index is 0.233. The Bertz CT molecular complexity index is 616. The fraction of sp³-hybridized carbons (Fsp3) is 0.529. The Morgan fingerprint density at radius 1 is 1.29 bits per heavy atom. The van der Waals surface area contributed by atoms with Gasteiger partial charge in [-0.3, -0.25) is 9.59 Å². The zero-order valence-electron chi connectivity index (χ0n) is 13.8. The summed E-state index contributed by atoms with van der Waals surface area (Å²) in [5.41, 5.74) is 2.08. The maximum atomic E-state index is 12.4. The number of nitrogens with zero attached hydrogens (tertiary/aromatic N) is 2. The molecule has 1 heterocycles. The number of hydrogen-bond acceptors (Lipinski definition) is 2. The van der Waals surface area contributed by atoms with Crippen molar-refractivity contribution in [2.75, 3.05) is 13.1 Å². The first-order valence-corrected chi connectivity index (χ1v) is 7.88. The van der Waals surface area contributed by atoms with Crippen molar-refractivity contribution in [3.63, 3.8) is 0 Å². The molecule has 0 bridgehead atoms. The van der Waals surface area contributed by atoms with Crippen LogP contribution in [0.3, 0.4) is 0 Å². The van der Waals surface area contributed by atoms with Gasteiger partial charge in [-0.25, -0.2) is 0 Å². The van der Waals surface area contributed by atoms with Crippen LogP contribution in [0, 0.1) is 6.92 Å². The van der Waals surface area contributed by atoms with Gasteiger partial charge in [-0.15, -0.1) is 0 Å². The smallest absolute Gasteiger partial charge is 0.335 e. The predicted molar refractivity (Wildman–Crippen MR) is 83.1 cm³/mol. The van der Waals surface area contributed by atoms with Gasteiger partial charge in [-0.1, -0.05) is 29.8 Å². The summed E-state index contributed by atoms with van der Waals surface area (Å²) >= 11 is 0. The van der Waals surface area contributed by atoms with Crippen molar-refractivity contribution in [1.82, 2.24) is 9.80 Å². The van der Waals surface area contributed by atoms with Gasteiger partial charge in [0.2, 0.25) is 11.8 Å². The molecule has 24 heavy (non-hydrogen) atoms. The number of piperazine rings is 1. The molecule has 0 aromatic heterocycles. The van der Waals surface area contributed by atoms with E-state index in [9.17, 15) is 22.8 Å². The quantitative estimate of drug-likeness (QED) is 0.844. The first-order valence-electron chi connectivity index (χ1n) is 7.88. The first kappa shape index (κ1) is 18.3. The lowest BCUT2D eigenvalue weighted by Gasteiger charge is -2.39. The topological polar surface area (TPSA) is 40.6 Å². The summed E-state index contributed by atoms with van der Waals surface area (Å²) in [6, 6.07) is 7.05. The van der Waals surface area contributed by atoms with Gasteiger partial charge >= 0.3 is 6.18 Å². The van der Waals surface area contributed by atoms with Gasteiger partial charge in [0, 0.05) is 26.1 Å².